The third-order valence-electron chi connectivity index (χ3n) is 5.68. The van der Waals surface area contributed by atoms with Crippen molar-refractivity contribution in [1.29, 1.82) is 0 Å². The lowest BCUT2D eigenvalue weighted by Gasteiger charge is -2.34. The highest BCUT2D eigenvalue weighted by Gasteiger charge is 2.37. The molecule has 0 bridgehead atoms. The summed E-state index contributed by atoms with van der Waals surface area (Å²) in [4.78, 5) is 2.41. The number of aliphatic hydroxyl groups is 1. The van der Waals surface area contributed by atoms with Gasteiger partial charge in [0.05, 0.1) is 0 Å². The van der Waals surface area contributed by atoms with Gasteiger partial charge in [-0.3, -0.25) is 0 Å². The van der Waals surface area contributed by atoms with Gasteiger partial charge in [0.15, 0.2) is 0 Å². The lowest BCUT2D eigenvalue weighted by Crippen LogP contribution is -2.32. The van der Waals surface area contributed by atoms with Gasteiger partial charge in [-0.05, 0) is 43.9 Å². The van der Waals surface area contributed by atoms with Crippen LogP contribution in [0.2, 0.25) is 0 Å². The lowest BCUT2D eigenvalue weighted by atomic mass is 9.79. The van der Waals surface area contributed by atoms with Crippen LogP contribution in [0.1, 0.15) is 40.7 Å². The summed E-state index contributed by atoms with van der Waals surface area (Å²) in [6.07, 6.45) is 2.42. The molecule has 0 aromatic heterocycles. The van der Waals surface area contributed by atoms with Crippen molar-refractivity contribution in [3.63, 3.8) is 0 Å². The van der Waals surface area contributed by atoms with E-state index in [2.05, 4.69) is 85.5 Å². The summed E-state index contributed by atoms with van der Waals surface area (Å²) in [6, 6.07) is 24.8. The van der Waals surface area contributed by atoms with Gasteiger partial charge in [-0.2, -0.15) is 0 Å². The van der Waals surface area contributed by atoms with Gasteiger partial charge in [-0.15, -0.1) is 0 Å². The fourth-order valence-electron chi connectivity index (χ4n) is 4.08. The molecule has 1 N–H and O–H groups in total. The first-order valence-electron chi connectivity index (χ1n) is 9.80. The average molecular weight is 357 g/mol. The molecule has 1 aliphatic rings. The predicted molar refractivity (Wildman–Crippen MR) is 112 cm³/mol. The Morgan fingerprint density at radius 2 is 1.19 bits per heavy atom. The molecular formula is C25H27NO. The van der Waals surface area contributed by atoms with Crippen LogP contribution in [0, 0.1) is 13.8 Å². The van der Waals surface area contributed by atoms with Crippen LogP contribution in [0.15, 0.2) is 72.8 Å². The Balaban J connectivity index is 1.94. The normalized spacial score (nSPS) is 14.6. The van der Waals surface area contributed by atoms with Gasteiger partial charge in [0.25, 0.3) is 0 Å². The quantitative estimate of drug-likeness (QED) is 0.650. The summed E-state index contributed by atoms with van der Waals surface area (Å²) >= 11 is 0. The number of para-hydroxylation sites is 1. The maximum atomic E-state index is 12.2. The van der Waals surface area contributed by atoms with Crippen LogP contribution in [-0.2, 0) is 5.60 Å². The molecule has 27 heavy (non-hydrogen) atoms. The van der Waals surface area contributed by atoms with Gasteiger partial charge in [-0.1, -0.05) is 77.9 Å². The second-order valence-corrected chi connectivity index (χ2v) is 7.65. The summed E-state index contributed by atoms with van der Waals surface area (Å²) in [7, 11) is 0. The van der Waals surface area contributed by atoms with Crippen molar-refractivity contribution in [3.8, 4) is 0 Å². The second-order valence-electron chi connectivity index (χ2n) is 7.65. The van der Waals surface area contributed by atoms with E-state index in [-0.39, 0.29) is 0 Å². The van der Waals surface area contributed by atoms with Crippen LogP contribution >= 0.6 is 0 Å². The highest BCUT2D eigenvalue weighted by atomic mass is 16.3. The van der Waals surface area contributed by atoms with E-state index in [1.165, 1.54) is 24.0 Å². The number of aryl methyl sites for hydroxylation is 2. The fourth-order valence-corrected chi connectivity index (χ4v) is 4.08. The molecule has 3 aromatic carbocycles. The van der Waals surface area contributed by atoms with Crippen molar-refractivity contribution in [1.82, 2.24) is 0 Å². The van der Waals surface area contributed by atoms with Crippen molar-refractivity contribution < 1.29 is 5.11 Å². The highest BCUT2D eigenvalue weighted by molar-refractivity contribution is 5.62. The number of anilines is 1. The number of nitrogens with zero attached hydrogens (tertiary/aromatic N) is 1. The molecule has 0 aliphatic carbocycles. The van der Waals surface area contributed by atoms with Gasteiger partial charge in [0, 0.05) is 24.3 Å². The topological polar surface area (TPSA) is 23.5 Å². The molecule has 1 saturated heterocycles. The Labute approximate surface area is 162 Å². The van der Waals surface area contributed by atoms with Gasteiger partial charge >= 0.3 is 0 Å². The summed E-state index contributed by atoms with van der Waals surface area (Å²) < 4.78 is 0. The molecule has 0 atom stereocenters. The molecule has 4 rings (SSSR count). The lowest BCUT2D eigenvalue weighted by molar-refractivity contribution is 0.126. The molecule has 0 spiro atoms. The standard InChI is InChI=1S/C25H27NO/c1-19-9-13-21(14-10-19)25(27,22-15-11-20(2)12-16-22)23-7-3-4-8-24(23)26-17-5-6-18-26/h3-4,7-16,27H,5-6,17-18H2,1-2H3. The third-order valence-corrected chi connectivity index (χ3v) is 5.68. The SMILES string of the molecule is Cc1ccc(C(O)(c2ccc(C)cc2)c2ccccc2N2CCCC2)cc1. The molecule has 0 saturated carbocycles. The van der Waals surface area contributed by atoms with E-state index in [9.17, 15) is 5.11 Å². The summed E-state index contributed by atoms with van der Waals surface area (Å²) in [5, 5.41) is 12.2. The summed E-state index contributed by atoms with van der Waals surface area (Å²) in [6.45, 7) is 6.25. The first-order valence-corrected chi connectivity index (χ1v) is 9.80. The molecule has 3 aromatic rings. The number of rotatable bonds is 4. The minimum absolute atomic E-state index is 0.906. The van der Waals surface area contributed by atoms with E-state index in [0.717, 1.165) is 35.5 Å². The molecule has 0 amide bonds. The second kappa shape index (κ2) is 7.21. The maximum absolute atomic E-state index is 12.2. The highest BCUT2D eigenvalue weighted by Crippen LogP contribution is 2.42. The number of hydrogen-bond acceptors (Lipinski definition) is 2. The Morgan fingerprint density at radius 3 is 1.70 bits per heavy atom. The Kier molecular flexibility index (Phi) is 4.75. The van der Waals surface area contributed by atoms with E-state index in [1.54, 1.807) is 0 Å². The molecule has 138 valence electrons. The largest absolute Gasteiger partial charge is 0.376 e. The van der Waals surface area contributed by atoms with Crippen LogP contribution < -0.4 is 4.90 Å². The number of hydrogen-bond donors (Lipinski definition) is 1. The van der Waals surface area contributed by atoms with Crippen LogP contribution in [0.25, 0.3) is 0 Å². The van der Waals surface area contributed by atoms with Crippen molar-refractivity contribution >= 4 is 5.69 Å². The van der Waals surface area contributed by atoms with E-state index < -0.39 is 5.60 Å². The molecule has 2 heteroatoms. The first-order chi connectivity index (χ1) is 13.1. The summed E-state index contributed by atoms with van der Waals surface area (Å²) in [5.41, 5.74) is 5.11. The Bertz CT molecular complexity index is 860. The summed E-state index contributed by atoms with van der Waals surface area (Å²) in [5.74, 6) is 0. The smallest absolute Gasteiger partial charge is 0.142 e. The van der Waals surface area contributed by atoms with E-state index >= 15 is 0 Å². The minimum Gasteiger partial charge on any atom is -0.376 e. The Hall–Kier alpha value is -2.58. The predicted octanol–water partition coefficient (Wildman–Crippen LogP) is 5.19. The van der Waals surface area contributed by atoms with Crippen LogP contribution in [0.4, 0.5) is 5.69 Å². The molecule has 1 aliphatic heterocycles. The van der Waals surface area contributed by atoms with E-state index in [0.29, 0.717) is 0 Å². The van der Waals surface area contributed by atoms with Gasteiger partial charge < -0.3 is 10.0 Å². The molecule has 2 nitrogen and oxygen atoms in total. The minimum atomic E-state index is -1.18. The Morgan fingerprint density at radius 1 is 0.704 bits per heavy atom. The zero-order valence-corrected chi connectivity index (χ0v) is 16.2. The van der Waals surface area contributed by atoms with Crippen molar-refractivity contribution in [2.75, 3.05) is 18.0 Å². The monoisotopic (exact) mass is 357 g/mol. The first kappa shape index (κ1) is 17.8. The van der Waals surface area contributed by atoms with Crippen LogP contribution in [0.5, 0.6) is 0 Å². The van der Waals surface area contributed by atoms with Gasteiger partial charge in [-0.25, -0.2) is 0 Å². The van der Waals surface area contributed by atoms with Crippen LogP contribution in [-0.4, -0.2) is 18.2 Å². The maximum Gasteiger partial charge on any atom is 0.142 e. The number of benzene rings is 3. The van der Waals surface area contributed by atoms with Gasteiger partial charge in [0.1, 0.15) is 5.60 Å². The van der Waals surface area contributed by atoms with E-state index in [1.807, 2.05) is 6.07 Å². The molecule has 1 heterocycles. The zero-order valence-electron chi connectivity index (χ0n) is 16.2. The molecule has 0 unspecified atom stereocenters. The average Bonchev–Trinajstić information content (AvgIpc) is 3.23. The fraction of sp³-hybridized carbons (Fsp3) is 0.280. The van der Waals surface area contributed by atoms with Crippen molar-refractivity contribution in [2.24, 2.45) is 0 Å². The molecular weight excluding hydrogens is 330 g/mol. The zero-order chi connectivity index (χ0) is 18.9. The van der Waals surface area contributed by atoms with E-state index in [4.69, 9.17) is 0 Å². The van der Waals surface area contributed by atoms with Crippen molar-refractivity contribution in [3.05, 3.63) is 101 Å². The van der Waals surface area contributed by atoms with Crippen LogP contribution in [0.3, 0.4) is 0 Å². The third kappa shape index (κ3) is 3.26. The molecule has 1 fully saturated rings. The van der Waals surface area contributed by atoms with Gasteiger partial charge in [0.2, 0.25) is 0 Å². The van der Waals surface area contributed by atoms with Crippen molar-refractivity contribution in [2.45, 2.75) is 32.3 Å². The molecule has 0 radical (unpaired) electrons.